The molecule has 0 aliphatic rings. The van der Waals surface area contributed by atoms with Crippen molar-refractivity contribution < 1.29 is 9.59 Å². The van der Waals surface area contributed by atoms with Gasteiger partial charge in [-0.25, -0.2) is 4.68 Å². The van der Waals surface area contributed by atoms with E-state index in [2.05, 4.69) is 10.6 Å². The molecule has 1 aromatic heterocycles. The highest BCUT2D eigenvalue weighted by Crippen LogP contribution is 2.25. The Balaban J connectivity index is 1.64. The first-order valence-corrected chi connectivity index (χ1v) is 10.4. The number of hydrogen-bond donors (Lipinski definition) is 2. The molecule has 0 spiro atoms. The summed E-state index contributed by atoms with van der Waals surface area (Å²) in [4.78, 5) is 25.1. The lowest BCUT2D eigenvalue weighted by molar-refractivity contribution is 0.0949. The topological polar surface area (TPSA) is 76.0 Å². The molecule has 0 saturated heterocycles. The van der Waals surface area contributed by atoms with Crippen LogP contribution in [-0.2, 0) is 6.54 Å². The van der Waals surface area contributed by atoms with Crippen LogP contribution < -0.4 is 10.6 Å². The van der Waals surface area contributed by atoms with Crippen LogP contribution in [0.3, 0.4) is 0 Å². The average Bonchev–Trinajstić information content (AvgIpc) is 3.28. The second kappa shape index (κ2) is 9.31. The predicted molar refractivity (Wildman–Crippen MR) is 125 cm³/mol. The van der Waals surface area contributed by atoms with E-state index in [1.807, 2.05) is 67.6 Å². The number of aryl methyl sites for hydroxylation is 1. The van der Waals surface area contributed by atoms with Crippen molar-refractivity contribution in [1.82, 2.24) is 20.4 Å². The second-order valence-corrected chi connectivity index (χ2v) is 7.50. The van der Waals surface area contributed by atoms with Gasteiger partial charge in [0.25, 0.3) is 11.8 Å². The normalized spacial score (nSPS) is 10.6. The quantitative estimate of drug-likeness (QED) is 0.489. The number of hydrogen-bond acceptors (Lipinski definition) is 3. The number of carbonyl (C=O) groups excluding carboxylic acids is 2. The van der Waals surface area contributed by atoms with E-state index >= 15 is 0 Å². The molecule has 0 aliphatic carbocycles. The summed E-state index contributed by atoms with van der Waals surface area (Å²) >= 11 is 0. The minimum Gasteiger partial charge on any atom is -0.355 e. The summed E-state index contributed by atoms with van der Waals surface area (Å²) in [5.74, 6) is -0.391. The summed E-state index contributed by atoms with van der Waals surface area (Å²) in [6.45, 7) is 2.31. The molecule has 2 N–H and O–H groups in total. The van der Waals surface area contributed by atoms with Gasteiger partial charge in [0.2, 0.25) is 0 Å². The Labute approximate surface area is 186 Å². The molecule has 0 bridgehead atoms. The fourth-order valence-electron chi connectivity index (χ4n) is 3.50. The zero-order valence-electron chi connectivity index (χ0n) is 18.0. The summed E-state index contributed by atoms with van der Waals surface area (Å²) in [6.07, 6.45) is 1.75. The van der Waals surface area contributed by atoms with E-state index in [-0.39, 0.29) is 11.8 Å². The lowest BCUT2D eigenvalue weighted by atomic mass is 10.1. The van der Waals surface area contributed by atoms with E-state index in [0.717, 1.165) is 22.4 Å². The van der Waals surface area contributed by atoms with Crippen LogP contribution in [-0.4, -0.2) is 28.6 Å². The minimum atomic E-state index is -0.228. The zero-order chi connectivity index (χ0) is 22.5. The van der Waals surface area contributed by atoms with Gasteiger partial charge in [-0.05, 0) is 42.8 Å². The van der Waals surface area contributed by atoms with Gasteiger partial charge in [0.1, 0.15) is 5.69 Å². The van der Waals surface area contributed by atoms with Gasteiger partial charge in [-0.15, -0.1) is 0 Å². The van der Waals surface area contributed by atoms with Crippen molar-refractivity contribution in [3.05, 3.63) is 107 Å². The molecular formula is C26H24N4O2. The third-order valence-corrected chi connectivity index (χ3v) is 5.14. The van der Waals surface area contributed by atoms with Crippen molar-refractivity contribution in [3.63, 3.8) is 0 Å². The lowest BCUT2D eigenvalue weighted by Crippen LogP contribution is -2.23. The fraction of sp³-hybridized carbons (Fsp3) is 0.115. The van der Waals surface area contributed by atoms with Crippen molar-refractivity contribution in [2.45, 2.75) is 13.5 Å². The summed E-state index contributed by atoms with van der Waals surface area (Å²) in [5, 5.41) is 10.3. The number of para-hydroxylation sites is 1. The van der Waals surface area contributed by atoms with Crippen molar-refractivity contribution in [1.29, 1.82) is 0 Å². The van der Waals surface area contributed by atoms with Crippen molar-refractivity contribution in [3.8, 4) is 16.9 Å². The smallest absolute Gasteiger partial charge is 0.255 e. The van der Waals surface area contributed by atoms with E-state index in [4.69, 9.17) is 5.10 Å². The lowest BCUT2D eigenvalue weighted by Gasteiger charge is -2.07. The first-order valence-electron chi connectivity index (χ1n) is 10.4. The van der Waals surface area contributed by atoms with Crippen LogP contribution in [0.15, 0.2) is 85.1 Å². The highest BCUT2D eigenvalue weighted by Gasteiger charge is 2.19. The molecule has 0 fully saturated rings. The van der Waals surface area contributed by atoms with Crippen LogP contribution in [0, 0.1) is 6.92 Å². The number of nitrogens with one attached hydrogen (secondary N) is 2. The molecule has 0 radical (unpaired) electrons. The molecule has 1 heterocycles. The average molecular weight is 425 g/mol. The second-order valence-electron chi connectivity index (χ2n) is 7.50. The van der Waals surface area contributed by atoms with E-state index in [9.17, 15) is 9.59 Å². The van der Waals surface area contributed by atoms with Gasteiger partial charge in [-0.1, -0.05) is 54.1 Å². The zero-order valence-corrected chi connectivity index (χ0v) is 18.0. The van der Waals surface area contributed by atoms with Gasteiger partial charge in [-0.2, -0.15) is 5.10 Å². The van der Waals surface area contributed by atoms with Gasteiger partial charge in [0.05, 0.1) is 11.3 Å². The number of rotatable bonds is 6. The Morgan fingerprint density at radius 1 is 0.906 bits per heavy atom. The van der Waals surface area contributed by atoms with Crippen LogP contribution in [0.25, 0.3) is 16.9 Å². The van der Waals surface area contributed by atoms with Crippen molar-refractivity contribution >= 4 is 11.8 Å². The molecule has 0 unspecified atom stereocenters. The van der Waals surface area contributed by atoms with Gasteiger partial charge in [0, 0.05) is 30.9 Å². The van der Waals surface area contributed by atoms with Crippen LogP contribution in [0.1, 0.15) is 31.8 Å². The van der Waals surface area contributed by atoms with Crippen molar-refractivity contribution in [2.24, 2.45) is 0 Å². The molecule has 3 aromatic carbocycles. The molecule has 2 amide bonds. The molecule has 32 heavy (non-hydrogen) atoms. The SMILES string of the molecule is CNC(=O)c1cccc(CNC(=O)c2cn(-c3ccccc3)nc2-c2cccc(C)c2)c1. The molecule has 160 valence electrons. The maximum absolute atomic E-state index is 13.2. The van der Waals surface area contributed by atoms with Crippen LogP contribution in [0.2, 0.25) is 0 Å². The Bertz CT molecular complexity index is 1260. The van der Waals surface area contributed by atoms with Crippen LogP contribution >= 0.6 is 0 Å². The van der Waals surface area contributed by atoms with Crippen molar-refractivity contribution in [2.75, 3.05) is 7.05 Å². The van der Waals surface area contributed by atoms with Gasteiger partial charge >= 0.3 is 0 Å². The van der Waals surface area contributed by atoms with Crippen LogP contribution in [0.5, 0.6) is 0 Å². The summed E-state index contributed by atoms with van der Waals surface area (Å²) in [6, 6.07) is 24.8. The molecule has 0 aliphatic heterocycles. The maximum atomic E-state index is 13.2. The Morgan fingerprint density at radius 3 is 2.44 bits per heavy atom. The minimum absolute atomic E-state index is 0.163. The summed E-state index contributed by atoms with van der Waals surface area (Å²) in [7, 11) is 1.59. The van der Waals surface area contributed by atoms with E-state index in [0.29, 0.717) is 23.4 Å². The monoisotopic (exact) mass is 424 g/mol. The number of aromatic nitrogens is 2. The standard InChI is InChI=1S/C26H24N4O2/c1-18-8-6-10-20(14-18)24-23(17-30(29-24)22-12-4-3-5-13-22)26(32)28-16-19-9-7-11-21(15-19)25(31)27-2/h3-15,17H,16H2,1-2H3,(H,27,31)(H,28,32). The first kappa shape index (κ1) is 21.1. The molecule has 4 rings (SSSR count). The van der Waals surface area contributed by atoms with Gasteiger partial charge in [-0.3, -0.25) is 9.59 Å². The van der Waals surface area contributed by atoms with E-state index in [1.165, 1.54) is 0 Å². The number of benzene rings is 3. The highest BCUT2D eigenvalue weighted by atomic mass is 16.2. The Morgan fingerprint density at radius 2 is 1.69 bits per heavy atom. The third kappa shape index (κ3) is 4.59. The fourth-order valence-corrected chi connectivity index (χ4v) is 3.50. The molecule has 0 saturated carbocycles. The Kier molecular flexibility index (Phi) is 6.12. The predicted octanol–water partition coefficient (Wildman–Crippen LogP) is 4.14. The molecule has 4 aromatic rings. The maximum Gasteiger partial charge on any atom is 0.255 e. The van der Waals surface area contributed by atoms with E-state index < -0.39 is 0 Å². The Hall–Kier alpha value is -4.19. The number of amides is 2. The highest BCUT2D eigenvalue weighted by molar-refractivity contribution is 6.00. The largest absolute Gasteiger partial charge is 0.355 e. The molecule has 0 atom stereocenters. The molecule has 6 heteroatoms. The third-order valence-electron chi connectivity index (χ3n) is 5.14. The van der Waals surface area contributed by atoms with Gasteiger partial charge < -0.3 is 10.6 Å². The molecule has 6 nitrogen and oxygen atoms in total. The molecular weight excluding hydrogens is 400 g/mol. The van der Waals surface area contributed by atoms with E-state index in [1.54, 1.807) is 36.1 Å². The first-order chi connectivity index (χ1) is 15.5. The van der Waals surface area contributed by atoms with Crippen LogP contribution in [0.4, 0.5) is 0 Å². The number of nitrogens with zero attached hydrogens (tertiary/aromatic N) is 2. The number of carbonyl (C=O) groups is 2. The van der Waals surface area contributed by atoms with Gasteiger partial charge in [0.15, 0.2) is 0 Å². The summed E-state index contributed by atoms with van der Waals surface area (Å²) < 4.78 is 1.72. The summed E-state index contributed by atoms with van der Waals surface area (Å²) in [5.41, 5.74) is 5.35.